The van der Waals surface area contributed by atoms with Crippen molar-refractivity contribution in [2.45, 2.75) is 12.8 Å². The summed E-state index contributed by atoms with van der Waals surface area (Å²) in [4.78, 5) is 0. The van der Waals surface area contributed by atoms with E-state index in [-0.39, 0.29) is 0 Å². The molecule has 5 heteroatoms. The SMILES string of the molecule is SCCCNSSCCC[IH+]. The van der Waals surface area contributed by atoms with Gasteiger partial charge < -0.3 is 0 Å². The lowest BCUT2D eigenvalue weighted by Gasteiger charge is -1.99. The van der Waals surface area contributed by atoms with Crippen LogP contribution in [-0.2, 0) is 0 Å². The van der Waals surface area contributed by atoms with Crippen molar-refractivity contribution in [1.29, 1.82) is 0 Å². The number of halogens is 1. The Balaban J connectivity index is 2.69. The molecule has 0 bridgehead atoms. The van der Waals surface area contributed by atoms with Crippen LogP contribution >= 0.6 is 34.4 Å². The highest BCUT2D eigenvalue weighted by atomic mass is 127. The van der Waals surface area contributed by atoms with E-state index in [1.54, 1.807) is 11.0 Å². The summed E-state index contributed by atoms with van der Waals surface area (Å²) < 4.78 is 4.58. The maximum Gasteiger partial charge on any atom is 0.252 e. The van der Waals surface area contributed by atoms with Crippen LogP contribution in [0.15, 0.2) is 0 Å². The van der Waals surface area contributed by atoms with Gasteiger partial charge in [0.25, 0.3) is 22.6 Å². The Morgan fingerprint density at radius 2 is 2.18 bits per heavy atom. The van der Waals surface area contributed by atoms with E-state index in [0.29, 0.717) is 0 Å². The molecule has 0 rings (SSSR count). The van der Waals surface area contributed by atoms with Gasteiger partial charge in [0.1, 0.15) is 4.43 Å². The predicted molar refractivity (Wildman–Crippen MR) is 57.4 cm³/mol. The van der Waals surface area contributed by atoms with Gasteiger partial charge in [0.2, 0.25) is 0 Å². The number of thiol groups is 1. The number of rotatable bonds is 8. The fourth-order valence-corrected chi connectivity index (χ4v) is 3.29. The van der Waals surface area contributed by atoms with E-state index >= 15 is 0 Å². The molecule has 0 saturated heterocycles. The van der Waals surface area contributed by atoms with Crippen LogP contribution in [0.4, 0.5) is 0 Å². The van der Waals surface area contributed by atoms with Crippen LogP contribution in [0.1, 0.15) is 12.8 Å². The molecular formula is C6H15INS3+. The van der Waals surface area contributed by atoms with Crippen LogP contribution in [0.2, 0.25) is 0 Å². The minimum Gasteiger partial charge on any atom is -0.255 e. The van der Waals surface area contributed by atoms with Gasteiger partial charge in [-0.2, -0.15) is 12.6 Å². The second-order valence-electron chi connectivity index (χ2n) is 1.93. The van der Waals surface area contributed by atoms with E-state index in [2.05, 4.69) is 39.9 Å². The highest BCUT2D eigenvalue weighted by molar-refractivity contribution is 8.76. The van der Waals surface area contributed by atoms with E-state index in [9.17, 15) is 0 Å². The Bertz CT molecular complexity index is 66.8. The van der Waals surface area contributed by atoms with Gasteiger partial charge in [0.15, 0.2) is 0 Å². The maximum absolute atomic E-state index is 4.12. The Kier molecular flexibility index (Phi) is 13.6. The number of nitrogens with one attached hydrogen (secondary N) is 1. The fraction of sp³-hybridized carbons (Fsp3) is 1.00. The predicted octanol–water partition coefficient (Wildman–Crippen LogP) is -1.13. The van der Waals surface area contributed by atoms with Gasteiger partial charge in [0, 0.05) is 18.7 Å². The van der Waals surface area contributed by atoms with Crippen molar-refractivity contribution in [3.63, 3.8) is 0 Å². The molecule has 0 unspecified atom stereocenters. The van der Waals surface area contributed by atoms with Gasteiger partial charge in [-0.1, -0.05) is 10.8 Å². The van der Waals surface area contributed by atoms with Crippen molar-refractivity contribution in [1.82, 2.24) is 4.72 Å². The minimum atomic E-state index is 0.980. The molecule has 0 fully saturated rings. The van der Waals surface area contributed by atoms with Crippen LogP contribution in [0.3, 0.4) is 0 Å². The Hall–Kier alpha value is 1.74. The van der Waals surface area contributed by atoms with Gasteiger partial charge in [-0.3, -0.25) is 4.72 Å². The summed E-state index contributed by atoms with van der Waals surface area (Å²) in [6, 6.07) is 0. The maximum atomic E-state index is 4.12. The van der Waals surface area contributed by atoms with Crippen molar-refractivity contribution < 1.29 is 22.6 Å². The summed E-state index contributed by atoms with van der Waals surface area (Å²) in [5.41, 5.74) is 0. The van der Waals surface area contributed by atoms with Gasteiger partial charge in [-0.05, 0) is 23.2 Å². The summed E-state index contributed by atoms with van der Waals surface area (Å²) in [5, 5.41) is 0. The van der Waals surface area contributed by atoms with E-state index in [1.165, 1.54) is 16.6 Å². The van der Waals surface area contributed by atoms with Crippen LogP contribution in [0.25, 0.3) is 0 Å². The van der Waals surface area contributed by atoms with Gasteiger partial charge >= 0.3 is 0 Å². The zero-order valence-corrected chi connectivity index (χ0v) is 11.3. The minimum absolute atomic E-state index is 0.980. The second kappa shape index (κ2) is 11.7. The van der Waals surface area contributed by atoms with Crippen LogP contribution in [0, 0.1) is 0 Å². The molecule has 0 aliphatic carbocycles. The van der Waals surface area contributed by atoms with Crippen molar-refractivity contribution in [2.24, 2.45) is 0 Å². The molecule has 11 heavy (non-hydrogen) atoms. The normalized spacial score (nSPS) is 10.4. The average Bonchev–Trinajstić information content (AvgIpc) is 2.03. The van der Waals surface area contributed by atoms with Crippen LogP contribution in [-0.4, -0.2) is 22.5 Å². The molecule has 0 aromatic heterocycles. The van der Waals surface area contributed by atoms with E-state index < -0.39 is 0 Å². The summed E-state index contributed by atoms with van der Waals surface area (Å²) in [6.07, 6.45) is 2.49. The van der Waals surface area contributed by atoms with Gasteiger partial charge in [0.05, 0.1) is 0 Å². The number of alkyl halides is 1. The molecule has 0 radical (unpaired) electrons. The lowest BCUT2D eigenvalue weighted by Crippen LogP contribution is -3.35. The van der Waals surface area contributed by atoms with Crippen molar-refractivity contribution in [3.05, 3.63) is 0 Å². The average molecular weight is 324 g/mol. The lowest BCUT2D eigenvalue weighted by molar-refractivity contribution is -0.367. The zero-order valence-electron chi connectivity index (χ0n) is 6.41. The Morgan fingerprint density at radius 3 is 2.82 bits per heavy atom. The molecular weight excluding hydrogens is 309 g/mol. The first kappa shape index (κ1) is 12.7. The third kappa shape index (κ3) is 11.7. The Morgan fingerprint density at radius 1 is 1.36 bits per heavy atom. The molecule has 0 atom stereocenters. The topological polar surface area (TPSA) is 12.0 Å². The molecule has 1 N–H and O–H groups in total. The molecule has 0 aromatic rings. The molecule has 0 spiro atoms. The third-order valence-corrected chi connectivity index (χ3v) is 4.17. The molecule has 0 saturated carbocycles. The number of hydrogen-bond acceptors (Lipinski definition) is 4. The summed E-state index contributed by atoms with van der Waals surface area (Å²) in [7, 11) is 3.68. The molecule has 0 heterocycles. The summed E-state index contributed by atoms with van der Waals surface area (Å²) in [6.45, 7) is 1.08. The van der Waals surface area contributed by atoms with Crippen molar-refractivity contribution in [3.8, 4) is 0 Å². The summed E-state index contributed by atoms with van der Waals surface area (Å²) in [5.74, 6) is 2.24. The lowest BCUT2D eigenvalue weighted by atomic mass is 10.5. The van der Waals surface area contributed by atoms with E-state index in [1.807, 2.05) is 10.8 Å². The van der Waals surface area contributed by atoms with Crippen molar-refractivity contribution >= 4 is 34.4 Å². The molecule has 0 aliphatic rings. The van der Waals surface area contributed by atoms with Gasteiger partial charge in [-0.25, -0.2) is 0 Å². The van der Waals surface area contributed by atoms with Gasteiger partial charge in [-0.15, -0.1) is 0 Å². The Labute approximate surface area is 96.3 Å². The highest BCUT2D eigenvalue weighted by Gasteiger charge is 1.91. The molecule has 0 amide bonds. The fourth-order valence-electron chi connectivity index (χ4n) is 0.394. The zero-order chi connectivity index (χ0) is 8.36. The quantitative estimate of drug-likeness (QED) is 0.146. The largest absolute Gasteiger partial charge is 0.255 e. The van der Waals surface area contributed by atoms with Crippen LogP contribution < -0.4 is 27.3 Å². The molecule has 68 valence electrons. The molecule has 0 aliphatic heterocycles. The van der Waals surface area contributed by atoms with E-state index in [0.717, 1.165) is 18.7 Å². The smallest absolute Gasteiger partial charge is 0.252 e. The number of hydrogen-bond donors (Lipinski definition) is 2. The standard InChI is InChI=1S/C6H14INS3/c7-3-1-6-10-11-8-4-2-5-9/h7-8H,1-6H2/p+1. The molecule has 0 aromatic carbocycles. The summed E-state index contributed by atoms with van der Waals surface area (Å²) >= 11 is 6.28. The first-order chi connectivity index (χ1) is 5.41. The monoisotopic (exact) mass is 324 g/mol. The first-order valence-corrected chi connectivity index (χ1v) is 8.22. The van der Waals surface area contributed by atoms with Crippen molar-refractivity contribution in [2.75, 3.05) is 22.5 Å². The third-order valence-electron chi connectivity index (χ3n) is 0.927. The second-order valence-corrected chi connectivity index (χ2v) is 5.85. The first-order valence-electron chi connectivity index (χ1n) is 3.62. The highest BCUT2D eigenvalue weighted by Crippen LogP contribution is 2.16. The van der Waals surface area contributed by atoms with E-state index in [4.69, 9.17) is 0 Å². The molecule has 1 nitrogen and oxygen atoms in total. The van der Waals surface area contributed by atoms with Crippen LogP contribution in [0.5, 0.6) is 0 Å².